The quantitative estimate of drug-likeness (QED) is 0.584. The Balaban J connectivity index is 2.75. The molecule has 1 rings (SSSR count). The number of sulfonamides is 1. The topological polar surface area (TPSA) is 81.4 Å². The SMILES string of the molecule is CCOCCNS(=O)(=O)c1cc(N)cc(F)c1. The first-order valence-corrected chi connectivity index (χ1v) is 6.57. The largest absolute Gasteiger partial charge is 0.399 e. The van der Waals surface area contributed by atoms with Gasteiger partial charge in [0.25, 0.3) is 0 Å². The van der Waals surface area contributed by atoms with Crippen molar-refractivity contribution < 1.29 is 17.5 Å². The Morgan fingerprint density at radius 2 is 2.12 bits per heavy atom. The molecule has 0 bridgehead atoms. The normalized spacial score (nSPS) is 11.6. The van der Waals surface area contributed by atoms with Gasteiger partial charge in [-0.15, -0.1) is 0 Å². The van der Waals surface area contributed by atoms with Gasteiger partial charge in [-0.25, -0.2) is 17.5 Å². The van der Waals surface area contributed by atoms with E-state index in [1.54, 1.807) is 0 Å². The summed E-state index contributed by atoms with van der Waals surface area (Å²) < 4.78 is 43.7. The van der Waals surface area contributed by atoms with Crippen LogP contribution in [0.2, 0.25) is 0 Å². The second-order valence-electron chi connectivity index (χ2n) is 3.31. The molecule has 1 aromatic rings. The van der Waals surface area contributed by atoms with Crippen molar-refractivity contribution in [2.45, 2.75) is 11.8 Å². The van der Waals surface area contributed by atoms with Crippen LogP contribution in [-0.2, 0) is 14.8 Å². The molecule has 0 unspecified atom stereocenters. The molecule has 0 amide bonds. The second kappa shape index (κ2) is 5.95. The lowest BCUT2D eigenvalue weighted by molar-refractivity contribution is 0.153. The van der Waals surface area contributed by atoms with E-state index in [4.69, 9.17) is 10.5 Å². The summed E-state index contributed by atoms with van der Waals surface area (Å²) in [5.74, 6) is -0.685. The molecule has 0 aliphatic carbocycles. The predicted octanol–water partition coefficient (Wildman–Crippen LogP) is 0.723. The molecule has 0 atom stereocenters. The summed E-state index contributed by atoms with van der Waals surface area (Å²) in [5.41, 5.74) is 5.44. The smallest absolute Gasteiger partial charge is 0.240 e. The van der Waals surface area contributed by atoms with Gasteiger partial charge in [0.2, 0.25) is 10.0 Å². The first kappa shape index (κ1) is 13.9. The van der Waals surface area contributed by atoms with Crippen LogP contribution in [0, 0.1) is 5.82 Å². The summed E-state index contributed by atoms with van der Waals surface area (Å²) in [6, 6.07) is 3.17. The molecule has 0 aromatic heterocycles. The Morgan fingerprint density at radius 3 is 2.71 bits per heavy atom. The van der Waals surface area contributed by atoms with Crippen LogP contribution in [0.3, 0.4) is 0 Å². The van der Waals surface area contributed by atoms with Crippen LogP contribution in [-0.4, -0.2) is 28.2 Å². The minimum atomic E-state index is -3.74. The molecule has 0 heterocycles. The van der Waals surface area contributed by atoms with E-state index in [2.05, 4.69) is 4.72 Å². The molecule has 7 heteroatoms. The maximum Gasteiger partial charge on any atom is 0.240 e. The average molecular weight is 262 g/mol. The van der Waals surface area contributed by atoms with E-state index in [0.29, 0.717) is 6.61 Å². The Kier molecular flexibility index (Phi) is 4.86. The fourth-order valence-electron chi connectivity index (χ4n) is 1.22. The third-order valence-corrected chi connectivity index (χ3v) is 3.39. The van der Waals surface area contributed by atoms with E-state index in [1.165, 1.54) is 6.07 Å². The lowest BCUT2D eigenvalue weighted by atomic mass is 10.3. The molecule has 96 valence electrons. The maximum absolute atomic E-state index is 13.0. The van der Waals surface area contributed by atoms with E-state index in [0.717, 1.165) is 12.1 Å². The Hall–Kier alpha value is -1.18. The van der Waals surface area contributed by atoms with Crippen molar-refractivity contribution in [3.8, 4) is 0 Å². The Bertz CT molecular complexity index is 456. The number of nitrogen functional groups attached to an aromatic ring is 1. The van der Waals surface area contributed by atoms with E-state index in [-0.39, 0.29) is 23.7 Å². The summed E-state index contributed by atoms with van der Waals surface area (Å²) in [6.07, 6.45) is 0. The van der Waals surface area contributed by atoms with E-state index < -0.39 is 15.8 Å². The zero-order valence-corrected chi connectivity index (χ0v) is 10.3. The van der Waals surface area contributed by atoms with Crippen LogP contribution >= 0.6 is 0 Å². The number of anilines is 1. The van der Waals surface area contributed by atoms with E-state index in [9.17, 15) is 12.8 Å². The van der Waals surface area contributed by atoms with Crippen LogP contribution in [0.25, 0.3) is 0 Å². The van der Waals surface area contributed by atoms with Gasteiger partial charge in [-0.2, -0.15) is 0 Å². The van der Waals surface area contributed by atoms with Gasteiger partial charge in [-0.05, 0) is 25.1 Å². The van der Waals surface area contributed by atoms with Gasteiger partial charge in [0.05, 0.1) is 11.5 Å². The van der Waals surface area contributed by atoms with Crippen molar-refractivity contribution in [3.63, 3.8) is 0 Å². The van der Waals surface area contributed by atoms with Crippen LogP contribution < -0.4 is 10.5 Å². The second-order valence-corrected chi connectivity index (χ2v) is 5.08. The van der Waals surface area contributed by atoms with Gasteiger partial charge in [-0.3, -0.25) is 0 Å². The van der Waals surface area contributed by atoms with E-state index >= 15 is 0 Å². The predicted molar refractivity (Wildman–Crippen MR) is 62.5 cm³/mol. The molecule has 0 saturated heterocycles. The first-order valence-electron chi connectivity index (χ1n) is 5.09. The fourth-order valence-corrected chi connectivity index (χ4v) is 2.29. The molecule has 17 heavy (non-hydrogen) atoms. The van der Waals surface area contributed by atoms with Crippen molar-refractivity contribution in [3.05, 3.63) is 24.0 Å². The molecule has 3 N–H and O–H groups in total. The number of halogens is 1. The standard InChI is InChI=1S/C10H15FN2O3S/c1-2-16-4-3-13-17(14,15)10-6-8(11)5-9(12)7-10/h5-7,13H,2-4,12H2,1H3. The Morgan fingerprint density at radius 1 is 1.41 bits per heavy atom. The molecule has 0 radical (unpaired) electrons. The lowest BCUT2D eigenvalue weighted by Crippen LogP contribution is -2.27. The maximum atomic E-state index is 13.0. The van der Waals surface area contributed by atoms with Gasteiger partial charge in [0.1, 0.15) is 5.82 Å². The van der Waals surface area contributed by atoms with Gasteiger partial charge in [-0.1, -0.05) is 0 Å². The molecule has 0 spiro atoms. The number of benzene rings is 1. The molecule has 0 saturated carbocycles. The number of ether oxygens (including phenoxy) is 1. The minimum Gasteiger partial charge on any atom is -0.399 e. The first-order chi connectivity index (χ1) is 7.95. The van der Waals surface area contributed by atoms with E-state index in [1.807, 2.05) is 6.92 Å². The molecular formula is C10H15FN2O3S. The van der Waals surface area contributed by atoms with Crippen molar-refractivity contribution in [1.29, 1.82) is 0 Å². The Labute approximate surface area is 99.8 Å². The monoisotopic (exact) mass is 262 g/mol. The molecule has 1 aromatic carbocycles. The third-order valence-electron chi connectivity index (χ3n) is 1.95. The van der Waals surface area contributed by atoms with Crippen molar-refractivity contribution in [2.75, 3.05) is 25.5 Å². The highest BCUT2D eigenvalue weighted by Crippen LogP contribution is 2.15. The minimum absolute atomic E-state index is 0.0650. The van der Waals surface area contributed by atoms with Crippen molar-refractivity contribution >= 4 is 15.7 Å². The number of hydrogen-bond donors (Lipinski definition) is 2. The number of nitrogens with two attached hydrogens (primary N) is 1. The molecular weight excluding hydrogens is 247 g/mol. The molecule has 0 fully saturated rings. The zero-order valence-electron chi connectivity index (χ0n) is 9.44. The number of hydrogen-bond acceptors (Lipinski definition) is 4. The van der Waals surface area contributed by atoms with Gasteiger partial charge >= 0.3 is 0 Å². The molecule has 0 aliphatic heterocycles. The number of rotatable bonds is 6. The lowest BCUT2D eigenvalue weighted by Gasteiger charge is -2.07. The molecule has 0 aliphatic rings. The van der Waals surface area contributed by atoms with Gasteiger partial charge in [0, 0.05) is 18.8 Å². The van der Waals surface area contributed by atoms with Crippen LogP contribution in [0.1, 0.15) is 6.92 Å². The highest BCUT2D eigenvalue weighted by atomic mass is 32.2. The van der Waals surface area contributed by atoms with Crippen LogP contribution in [0.15, 0.2) is 23.1 Å². The third kappa shape index (κ3) is 4.29. The summed E-state index contributed by atoms with van der Waals surface area (Å²) in [7, 11) is -3.74. The number of nitrogens with one attached hydrogen (secondary N) is 1. The summed E-state index contributed by atoms with van der Waals surface area (Å²) in [5, 5.41) is 0. The van der Waals surface area contributed by atoms with Crippen LogP contribution in [0.4, 0.5) is 10.1 Å². The van der Waals surface area contributed by atoms with Gasteiger partial charge in [0.15, 0.2) is 0 Å². The fraction of sp³-hybridized carbons (Fsp3) is 0.400. The van der Waals surface area contributed by atoms with Crippen LogP contribution in [0.5, 0.6) is 0 Å². The highest BCUT2D eigenvalue weighted by Gasteiger charge is 2.14. The van der Waals surface area contributed by atoms with Crippen molar-refractivity contribution in [2.24, 2.45) is 0 Å². The van der Waals surface area contributed by atoms with Crippen molar-refractivity contribution in [1.82, 2.24) is 4.72 Å². The summed E-state index contributed by atoms with van der Waals surface area (Å²) in [6.45, 7) is 2.71. The summed E-state index contributed by atoms with van der Waals surface area (Å²) in [4.78, 5) is -0.188. The van der Waals surface area contributed by atoms with Gasteiger partial charge < -0.3 is 10.5 Å². The zero-order chi connectivity index (χ0) is 12.9. The summed E-state index contributed by atoms with van der Waals surface area (Å²) >= 11 is 0. The highest BCUT2D eigenvalue weighted by molar-refractivity contribution is 7.89. The molecule has 5 nitrogen and oxygen atoms in total. The average Bonchev–Trinajstić information content (AvgIpc) is 2.23.